The number of fused-ring (bicyclic) bond motifs is 1. The summed E-state index contributed by atoms with van der Waals surface area (Å²) < 4.78 is 0. The molecule has 0 saturated heterocycles. The van der Waals surface area contributed by atoms with Crippen molar-refractivity contribution in [3.05, 3.63) is 33.8 Å². The maximum absolute atomic E-state index is 6.11. The Labute approximate surface area is 106 Å². The van der Waals surface area contributed by atoms with E-state index in [0.717, 1.165) is 15.7 Å². The highest BCUT2D eigenvalue weighted by Gasteiger charge is 2.29. The van der Waals surface area contributed by atoms with E-state index in [9.17, 15) is 0 Å². The van der Waals surface area contributed by atoms with Gasteiger partial charge in [-0.15, -0.1) is 5.10 Å². The number of hydrogen-bond donors (Lipinski definition) is 0. The van der Waals surface area contributed by atoms with E-state index in [1.54, 1.807) is 18.3 Å². The molecule has 6 heteroatoms. The lowest BCUT2D eigenvalue weighted by molar-refractivity contribution is 1.22. The van der Waals surface area contributed by atoms with Gasteiger partial charge in [-0.25, -0.2) is 0 Å². The molecule has 1 atom stereocenters. The molecule has 0 bridgehead atoms. The molecule has 2 aliphatic heterocycles. The second-order valence-electron chi connectivity index (χ2n) is 3.31. The molecule has 0 aliphatic carbocycles. The summed E-state index contributed by atoms with van der Waals surface area (Å²) >= 11 is 13.5. The van der Waals surface area contributed by atoms with Crippen LogP contribution in [0.1, 0.15) is 5.56 Å². The Morgan fingerprint density at radius 3 is 2.88 bits per heavy atom. The molecule has 0 fully saturated rings. The van der Waals surface area contributed by atoms with Crippen LogP contribution in [0.5, 0.6) is 0 Å². The molecular weight excluding hydrogens is 265 g/mol. The predicted octanol–water partition coefficient (Wildman–Crippen LogP) is 3.25. The zero-order valence-electron chi connectivity index (χ0n) is 7.89. The van der Waals surface area contributed by atoms with E-state index in [1.807, 2.05) is 6.07 Å². The maximum Gasteiger partial charge on any atom is 0.138 e. The van der Waals surface area contributed by atoms with Crippen LogP contribution < -0.4 is 0 Å². The predicted molar refractivity (Wildman–Crippen MR) is 70.3 cm³/mol. The Balaban J connectivity index is 2.00. The zero-order valence-corrected chi connectivity index (χ0v) is 10.2. The van der Waals surface area contributed by atoms with Crippen LogP contribution in [-0.4, -0.2) is 22.3 Å². The van der Waals surface area contributed by atoms with Gasteiger partial charge in [0.1, 0.15) is 16.1 Å². The van der Waals surface area contributed by atoms with Crippen LogP contribution in [0.3, 0.4) is 0 Å². The number of benzene rings is 1. The topological polar surface area (TPSA) is 37.1 Å². The van der Waals surface area contributed by atoms with E-state index in [4.69, 9.17) is 23.2 Å². The molecule has 3 nitrogen and oxygen atoms in total. The number of thioether (sulfide) groups is 1. The molecule has 0 unspecified atom stereocenters. The molecule has 0 saturated carbocycles. The zero-order chi connectivity index (χ0) is 11.1. The van der Waals surface area contributed by atoms with E-state index in [2.05, 4.69) is 15.2 Å². The number of nitrogens with zero attached hydrogens (tertiary/aromatic N) is 3. The van der Waals surface area contributed by atoms with E-state index in [1.165, 1.54) is 11.8 Å². The van der Waals surface area contributed by atoms with Crippen molar-refractivity contribution in [2.24, 2.45) is 15.2 Å². The van der Waals surface area contributed by atoms with Gasteiger partial charge < -0.3 is 0 Å². The van der Waals surface area contributed by atoms with Gasteiger partial charge in [0, 0.05) is 10.6 Å². The van der Waals surface area contributed by atoms with E-state index in [0.29, 0.717) is 10.0 Å². The van der Waals surface area contributed by atoms with E-state index in [-0.39, 0.29) is 6.04 Å². The van der Waals surface area contributed by atoms with Gasteiger partial charge in [0.15, 0.2) is 0 Å². The first-order chi connectivity index (χ1) is 7.74. The lowest BCUT2D eigenvalue weighted by Gasteiger charge is -2.02. The van der Waals surface area contributed by atoms with Crippen LogP contribution in [0.15, 0.2) is 33.4 Å². The molecule has 2 aliphatic rings. The van der Waals surface area contributed by atoms with Gasteiger partial charge >= 0.3 is 0 Å². The van der Waals surface area contributed by atoms with Crippen molar-refractivity contribution in [2.75, 3.05) is 0 Å². The van der Waals surface area contributed by atoms with Crippen molar-refractivity contribution in [1.82, 2.24) is 0 Å². The standard InChI is InChI=1S/C10H5Cl2N3S/c11-5-1-2-6(7(12)3-5)9-14-8-4-13-15-10(8)16-9/h1-4,8H/t8-/m1/s1. The van der Waals surface area contributed by atoms with Gasteiger partial charge in [0.2, 0.25) is 0 Å². The maximum atomic E-state index is 6.11. The number of hydrogen-bond acceptors (Lipinski definition) is 4. The first kappa shape index (κ1) is 10.3. The minimum absolute atomic E-state index is 0.0215. The summed E-state index contributed by atoms with van der Waals surface area (Å²) in [6.07, 6.45) is 1.72. The van der Waals surface area contributed by atoms with Crippen LogP contribution in [0, 0.1) is 0 Å². The Bertz CT molecular complexity index is 551. The summed E-state index contributed by atoms with van der Waals surface area (Å²) in [7, 11) is 0. The number of aliphatic imine (C=N–C) groups is 1. The molecule has 3 rings (SSSR count). The van der Waals surface area contributed by atoms with Crippen LogP contribution in [0.2, 0.25) is 10.0 Å². The quantitative estimate of drug-likeness (QED) is 0.771. The Morgan fingerprint density at radius 2 is 2.12 bits per heavy atom. The molecule has 1 aromatic rings. The molecule has 80 valence electrons. The molecule has 0 amide bonds. The molecule has 16 heavy (non-hydrogen) atoms. The smallest absolute Gasteiger partial charge is 0.138 e. The van der Waals surface area contributed by atoms with Crippen molar-refractivity contribution < 1.29 is 0 Å². The minimum atomic E-state index is -0.0215. The lowest BCUT2D eigenvalue weighted by Crippen LogP contribution is -2.06. The van der Waals surface area contributed by atoms with Crippen LogP contribution in [-0.2, 0) is 0 Å². The third-order valence-corrected chi connectivity index (χ3v) is 3.84. The van der Waals surface area contributed by atoms with Gasteiger partial charge in [0.05, 0.1) is 11.2 Å². The summed E-state index contributed by atoms with van der Waals surface area (Å²) in [5.41, 5.74) is 0.890. The monoisotopic (exact) mass is 269 g/mol. The fourth-order valence-electron chi connectivity index (χ4n) is 1.48. The average Bonchev–Trinajstić information content (AvgIpc) is 2.76. The Hall–Kier alpha value is -0.840. The normalized spacial score (nSPS) is 22.0. The third kappa shape index (κ3) is 1.67. The van der Waals surface area contributed by atoms with Crippen molar-refractivity contribution in [3.8, 4) is 0 Å². The van der Waals surface area contributed by atoms with Crippen LogP contribution >= 0.6 is 35.0 Å². The molecule has 0 radical (unpaired) electrons. The Kier molecular flexibility index (Phi) is 2.50. The van der Waals surface area contributed by atoms with Crippen molar-refractivity contribution >= 4 is 51.3 Å². The molecular formula is C10H5Cl2N3S. The molecule has 2 heterocycles. The first-order valence-corrected chi connectivity index (χ1v) is 6.13. The summed E-state index contributed by atoms with van der Waals surface area (Å²) in [6.45, 7) is 0. The van der Waals surface area contributed by atoms with Crippen molar-refractivity contribution in [3.63, 3.8) is 0 Å². The highest BCUT2D eigenvalue weighted by molar-refractivity contribution is 8.27. The summed E-state index contributed by atoms with van der Waals surface area (Å²) in [4.78, 5) is 4.48. The van der Waals surface area contributed by atoms with Gasteiger partial charge in [-0.05, 0) is 30.0 Å². The second kappa shape index (κ2) is 3.87. The fraction of sp³-hybridized carbons (Fsp3) is 0.100. The molecule has 0 spiro atoms. The van der Waals surface area contributed by atoms with Crippen molar-refractivity contribution in [2.45, 2.75) is 6.04 Å². The van der Waals surface area contributed by atoms with E-state index < -0.39 is 0 Å². The highest BCUT2D eigenvalue weighted by Crippen LogP contribution is 2.32. The van der Waals surface area contributed by atoms with Crippen molar-refractivity contribution in [1.29, 1.82) is 0 Å². The average molecular weight is 270 g/mol. The largest absolute Gasteiger partial charge is 0.261 e. The second-order valence-corrected chi connectivity index (χ2v) is 5.16. The minimum Gasteiger partial charge on any atom is -0.261 e. The van der Waals surface area contributed by atoms with Gasteiger partial charge in [0.25, 0.3) is 0 Å². The third-order valence-electron chi connectivity index (χ3n) is 2.24. The van der Waals surface area contributed by atoms with E-state index >= 15 is 0 Å². The van der Waals surface area contributed by atoms with Gasteiger partial charge in [-0.3, -0.25) is 4.99 Å². The molecule has 1 aromatic carbocycles. The highest BCUT2D eigenvalue weighted by atomic mass is 35.5. The van der Waals surface area contributed by atoms with Gasteiger partial charge in [-0.2, -0.15) is 5.10 Å². The molecule has 0 aromatic heterocycles. The Morgan fingerprint density at radius 1 is 1.25 bits per heavy atom. The molecule has 0 N–H and O–H groups in total. The van der Waals surface area contributed by atoms with Crippen LogP contribution in [0.4, 0.5) is 0 Å². The summed E-state index contributed by atoms with van der Waals surface area (Å²) in [5, 5.41) is 10.8. The fourth-order valence-corrected chi connectivity index (χ4v) is 3.01. The lowest BCUT2D eigenvalue weighted by atomic mass is 10.2. The number of halogens is 2. The summed E-state index contributed by atoms with van der Waals surface area (Å²) in [5.74, 6) is 0. The first-order valence-electron chi connectivity index (χ1n) is 4.56. The SMILES string of the molecule is Clc1ccc(C2=N[C@@H]3C=NN=C3S2)c(Cl)c1. The van der Waals surface area contributed by atoms with Gasteiger partial charge in [-0.1, -0.05) is 23.2 Å². The number of rotatable bonds is 1. The summed E-state index contributed by atoms with van der Waals surface area (Å²) in [6, 6.07) is 5.36. The van der Waals surface area contributed by atoms with Crippen LogP contribution in [0.25, 0.3) is 0 Å².